The number of hydrogen-bond donors (Lipinski definition) is 2. The lowest BCUT2D eigenvalue weighted by Crippen LogP contribution is -2.14. The van der Waals surface area contributed by atoms with Crippen LogP contribution in [0.4, 0.5) is 17.2 Å². The van der Waals surface area contributed by atoms with Gasteiger partial charge in [0.05, 0.1) is 0 Å². The zero-order chi connectivity index (χ0) is 18.8. The molecule has 136 valence electrons. The van der Waals surface area contributed by atoms with Crippen molar-refractivity contribution in [2.45, 2.75) is 6.92 Å². The number of hydrogen-bond acceptors (Lipinski definition) is 6. The van der Waals surface area contributed by atoms with E-state index in [1.165, 1.54) is 0 Å². The van der Waals surface area contributed by atoms with Crippen molar-refractivity contribution in [3.05, 3.63) is 64.8 Å². The number of anilines is 3. The van der Waals surface area contributed by atoms with Gasteiger partial charge in [0.1, 0.15) is 0 Å². The van der Waals surface area contributed by atoms with Crippen molar-refractivity contribution < 1.29 is 14.3 Å². The fourth-order valence-corrected chi connectivity index (χ4v) is 2.82. The number of carbonyl (C=O) groups excluding carboxylic acids is 1. The Balaban J connectivity index is 1.44. The first-order valence-electron chi connectivity index (χ1n) is 8.16. The molecule has 0 fully saturated rings. The van der Waals surface area contributed by atoms with Gasteiger partial charge in [0.15, 0.2) is 23.0 Å². The molecule has 1 aromatic heterocycles. The summed E-state index contributed by atoms with van der Waals surface area (Å²) in [5.74, 6) is 1.41. The molecule has 27 heavy (non-hydrogen) atoms. The first-order chi connectivity index (χ1) is 13.1. The van der Waals surface area contributed by atoms with E-state index in [1.54, 1.807) is 36.4 Å². The van der Waals surface area contributed by atoms with Crippen LogP contribution in [0.3, 0.4) is 0 Å². The standard InChI is InChI=1S/C19H15ClN4O3/c1-11-8-12(20)2-4-14(11)22-18-7-5-15(23-24-18)19(25)21-13-3-6-16-17(9-13)27-10-26-16/h2-9H,10H2,1H3,(H,21,25)(H,22,24). The Morgan fingerprint density at radius 1 is 1.04 bits per heavy atom. The third-order valence-electron chi connectivity index (χ3n) is 3.98. The van der Waals surface area contributed by atoms with E-state index in [0.29, 0.717) is 28.0 Å². The molecule has 0 unspecified atom stereocenters. The number of amides is 1. The fraction of sp³-hybridized carbons (Fsp3) is 0.105. The zero-order valence-electron chi connectivity index (χ0n) is 14.3. The van der Waals surface area contributed by atoms with Gasteiger partial charge < -0.3 is 20.1 Å². The van der Waals surface area contributed by atoms with Crippen molar-refractivity contribution in [3.8, 4) is 11.5 Å². The summed E-state index contributed by atoms with van der Waals surface area (Å²) in [5.41, 5.74) is 2.64. The minimum atomic E-state index is -0.365. The van der Waals surface area contributed by atoms with E-state index in [9.17, 15) is 4.79 Å². The van der Waals surface area contributed by atoms with E-state index < -0.39 is 0 Å². The Morgan fingerprint density at radius 2 is 1.89 bits per heavy atom. The first-order valence-corrected chi connectivity index (χ1v) is 8.54. The number of ether oxygens (including phenoxy) is 2. The van der Waals surface area contributed by atoms with Crippen LogP contribution in [-0.4, -0.2) is 22.9 Å². The average molecular weight is 383 g/mol. The summed E-state index contributed by atoms with van der Waals surface area (Å²) < 4.78 is 10.5. The van der Waals surface area contributed by atoms with Gasteiger partial charge in [-0.25, -0.2) is 0 Å². The molecule has 1 aliphatic rings. The minimum absolute atomic E-state index is 0.180. The topological polar surface area (TPSA) is 85.4 Å². The van der Waals surface area contributed by atoms with E-state index >= 15 is 0 Å². The van der Waals surface area contributed by atoms with E-state index in [0.717, 1.165) is 11.3 Å². The fourth-order valence-electron chi connectivity index (χ4n) is 2.59. The molecule has 0 saturated carbocycles. The van der Waals surface area contributed by atoms with Gasteiger partial charge in [-0.2, -0.15) is 0 Å². The molecule has 4 rings (SSSR count). The van der Waals surface area contributed by atoms with Crippen molar-refractivity contribution >= 4 is 34.7 Å². The molecule has 0 spiro atoms. The number of nitrogens with zero attached hydrogens (tertiary/aromatic N) is 2. The van der Waals surface area contributed by atoms with Crippen molar-refractivity contribution in [3.63, 3.8) is 0 Å². The SMILES string of the molecule is Cc1cc(Cl)ccc1Nc1ccc(C(=O)Nc2ccc3c(c2)OCO3)nn1. The molecule has 0 saturated heterocycles. The molecule has 2 aromatic carbocycles. The molecule has 1 amide bonds. The summed E-state index contributed by atoms with van der Waals surface area (Å²) in [6.45, 7) is 2.12. The Labute approximate surface area is 160 Å². The molecule has 0 radical (unpaired) electrons. The van der Waals surface area contributed by atoms with Gasteiger partial charge in [0, 0.05) is 22.5 Å². The van der Waals surface area contributed by atoms with Crippen molar-refractivity contribution in [1.82, 2.24) is 10.2 Å². The highest BCUT2D eigenvalue weighted by Crippen LogP contribution is 2.34. The first kappa shape index (κ1) is 17.1. The normalized spacial score (nSPS) is 11.9. The molecule has 7 nitrogen and oxygen atoms in total. The quantitative estimate of drug-likeness (QED) is 0.704. The average Bonchev–Trinajstić information content (AvgIpc) is 3.12. The van der Waals surface area contributed by atoms with Gasteiger partial charge in [-0.15, -0.1) is 10.2 Å². The van der Waals surface area contributed by atoms with Crippen LogP contribution in [-0.2, 0) is 0 Å². The van der Waals surface area contributed by atoms with E-state index in [1.807, 2.05) is 19.1 Å². The number of rotatable bonds is 4. The van der Waals surface area contributed by atoms with Gasteiger partial charge >= 0.3 is 0 Å². The van der Waals surface area contributed by atoms with Gasteiger partial charge in [-0.3, -0.25) is 4.79 Å². The molecule has 0 atom stereocenters. The zero-order valence-corrected chi connectivity index (χ0v) is 15.1. The van der Waals surface area contributed by atoms with E-state index in [4.69, 9.17) is 21.1 Å². The van der Waals surface area contributed by atoms with Gasteiger partial charge in [-0.05, 0) is 55.0 Å². The summed E-state index contributed by atoms with van der Waals surface area (Å²) in [5, 5.41) is 14.6. The van der Waals surface area contributed by atoms with Crippen LogP contribution < -0.4 is 20.1 Å². The highest BCUT2D eigenvalue weighted by molar-refractivity contribution is 6.30. The molecule has 3 aromatic rings. The smallest absolute Gasteiger partial charge is 0.276 e. The van der Waals surface area contributed by atoms with Crippen LogP contribution in [0.25, 0.3) is 0 Å². The third kappa shape index (κ3) is 3.78. The maximum atomic E-state index is 12.4. The Hall–Kier alpha value is -3.32. The minimum Gasteiger partial charge on any atom is -0.454 e. The van der Waals surface area contributed by atoms with Crippen LogP contribution >= 0.6 is 11.6 Å². The van der Waals surface area contributed by atoms with Gasteiger partial charge in [0.25, 0.3) is 5.91 Å². The van der Waals surface area contributed by atoms with E-state index in [2.05, 4.69) is 20.8 Å². The van der Waals surface area contributed by atoms with Crippen LogP contribution in [0.2, 0.25) is 5.02 Å². The van der Waals surface area contributed by atoms with Gasteiger partial charge in [-0.1, -0.05) is 11.6 Å². The second-order valence-corrected chi connectivity index (χ2v) is 6.35. The molecular formula is C19H15ClN4O3. The molecular weight excluding hydrogens is 368 g/mol. The molecule has 1 aliphatic heterocycles. The number of nitrogens with one attached hydrogen (secondary N) is 2. The monoisotopic (exact) mass is 382 g/mol. The number of fused-ring (bicyclic) bond motifs is 1. The highest BCUT2D eigenvalue weighted by atomic mass is 35.5. The molecule has 8 heteroatoms. The lowest BCUT2D eigenvalue weighted by atomic mass is 10.2. The van der Waals surface area contributed by atoms with Crippen LogP contribution in [0, 0.1) is 6.92 Å². The lowest BCUT2D eigenvalue weighted by molar-refractivity contribution is 0.102. The van der Waals surface area contributed by atoms with Crippen molar-refractivity contribution in [1.29, 1.82) is 0 Å². The van der Waals surface area contributed by atoms with Crippen molar-refractivity contribution in [2.24, 2.45) is 0 Å². The van der Waals surface area contributed by atoms with Gasteiger partial charge in [0.2, 0.25) is 6.79 Å². The number of halogens is 1. The molecule has 0 bridgehead atoms. The predicted molar refractivity (Wildman–Crippen MR) is 102 cm³/mol. The Kier molecular flexibility index (Phi) is 4.52. The molecule has 2 N–H and O–H groups in total. The number of aromatic nitrogens is 2. The highest BCUT2D eigenvalue weighted by Gasteiger charge is 2.15. The Bertz CT molecular complexity index is 1010. The van der Waals surface area contributed by atoms with Crippen LogP contribution in [0.1, 0.15) is 16.1 Å². The summed E-state index contributed by atoms with van der Waals surface area (Å²) in [6, 6.07) is 14.0. The molecule has 0 aliphatic carbocycles. The maximum absolute atomic E-state index is 12.4. The predicted octanol–water partition coefficient (Wildman–Crippen LogP) is 4.16. The summed E-state index contributed by atoms with van der Waals surface area (Å²) in [6.07, 6.45) is 0. The summed E-state index contributed by atoms with van der Waals surface area (Å²) in [4.78, 5) is 12.4. The second-order valence-electron chi connectivity index (χ2n) is 5.91. The van der Waals surface area contributed by atoms with Crippen LogP contribution in [0.15, 0.2) is 48.5 Å². The van der Waals surface area contributed by atoms with Crippen molar-refractivity contribution in [2.75, 3.05) is 17.4 Å². The maximum Gasteiger partial charge on any atom is 0.276 e. The summed E-state index contributed by atoms with van der Waals surface area (Å²) in [7, 11) is 0. The Morgan fingerprint density at radius 3 is 2.67 bits per heavy atom. The second kappa shape index (κ2) is 7.13. The van der Waals surface area contributed by atoms with Crippen LogP contribution in [0.5, 0.6) is 11.5 Å². The lowest BCUT2D eigenvalue weighted by Gasteiger charge is -2.09. The summed E-state index contributed by atoms with van der Waals surface area (Å²) >= 11 is 5.96. The van der Waals surface area contributed by atoms with E-state index in [-0.39, 0.29) is 18.4 Å². The number of carbonyl (C=O) groups is 1. The molecule has 2 heterocycles. The third-order valence-corrected chi connectivity index (χ3v) is 4.21. The number of benzene rings is 2. The number of aryl methyl sites for hydroxylation is 1. The largest absolute Gasteiger partial charge is 0.454 e.